The Morgan fingerprint density at radius 3 is 2.52 bits per heavy atom. The van der Waals surface area contributed by atoms with Crippen LogP contribution in [0, 0.1) is 5.82 Å². The van der Waals surface area contributed by atoms with Crippen molar-refractivity contribution in [3.05, 3.63) is 79.8 Å². The van der Waals surface area contributed by atoms with Crippen LogP contribution in [0.3, 0.4) is 0 Å². The Morgan fingerprint density at radius 1 is 1.09 bits per heavy atom. The Labute approximate surface area is 269 Å². The number of piperidine rings is 1. The van der Waals surface area contributed by atoms with Crippen LogP contribution in [0.2, 0.25) is 5.02 Å². The van der Waals surface area contributed by atoms with Gasteiger partial charge < -0.3 is 24.6 Å². The number of urea groups is 1. The highest BCUT2D eigenvalue weighted by atomic mass is 35.5. The van der Waals surface area contributed by atoms with Gasteiger partial charge in [-0.2, -0.15) is 0 Å². The Morgan fingerprint density at radius 2 is 1.83 bits per heavy atom. The second-order valence-corrected chi connectivity index (χ2v) is 11.8. The smallest absolute Gasteiger partial charge is 0.331 e. The van der Waals surface area contributed by atoms with Gasteiger partial charge in [0.15, 0.2) is 0 Å². The van der Waals surface area contributed by atoms with Crippen LogP contribution in [0.1, 0.15) is 38.3 Å². The maximum absolute atomic E-state index is 14.3. The molecule has 0 saturated carbocycles. The molecule has 12 nitrogen and oxygen atoms in total. The standard InChI is InChI=1S/C32H35ClFN5O7/c1-19(18-46-20(2)40)39-30(42)25(24-5-4-6-26(34)29(24)33)16-37(32(39)44)17-28(41)36-12-10-22(11-13-36)38-14-9-21-15-23(45-3)7-8-27(21)35-31(38)43/h4-8,15-16,19,22H,9-14,17-18H2,1-3H3,(H,35,43). The summed E-state index contributed by atoms with van der Waals surface area (Å²) in [6, 6.07) is 8.33. The molecule has 0 radical (unpaired) electrons. The molecular formula is C32H35ClFN5O7. The van der Waals surface area contributed by atoms with Crippen molar-refractivity contribution in [1.82, 2.24) is 18.9 Å². The fraction of sp³-hybridized carbons (Fsp3) is 0.406. The molecule has 3 aromatic rings. The zero-order valence-corrected chi connectivity index (χ0v) is 26.5. The van der Waals surface area contributed by atoms with Crippen molar-refractivity contribution in [3.8, 4) is 16.9 Å². The molecule has 2 aromatic carbocycles. The number of nitrogens with zero attached hydrogens (tertiary/aromatic N) is 4. The summed E-state index contributed by atoms with van der Waals surface area (Å²) in [5.74, 6) is -0.996. The lowest BCUT2D eigenvalue weighted by Gasteiger charge is -2.38. The summed E-state index contributed by atoms with van der Waals surface area (Å²) in [6.45, 7) is 3.28. The molecule has 3 heterocycles. The summed E-state index contributed by atoms with van der Waals surface area (Å²) >= 11 is 6.20. The van der Waals surface area contributed by atoms with Crippen molar-refractivity contribution in [1.29, 1.82) is 0 Å². The van der Waals surface area contributed by atoms with Crippen LogP contribution in [0.4, 0.5) is 14.9 Å². The summed E-state index contributed by atoms with van der Waals surface area (Å²) in [7, 11) is 1.59. The van der Waals surface area contributed by atoms with Crippen molar-refractivity contribution in [3.63, 3.8) is 0 Å². The van der Waals surface area contributed by atoms with Gasteiger partial charge >= 0.3 is 17.7 Å². The number of anilines is 1. The number of fused-ring (bicyclic) bond motifs is 1. The highest BCUT2D eigenvalue weighted by Gasteiger charge is 2.32. The van der Waals surface area contributed by atoms with E-state index in [1.54, 1.807) is 23.0 Å². The van der Waals surface area contributed by atoms with Crippen molar-refractivity contribution in [2.75, 3.05) is 38.7 Å². The van der Waals surface area contributed by atoms with Crippen LogP contribution < -0.4 is 21.3 Å². The largest absolute Gasteiger partial charge is 0.497 e. The molecule has 2 aliphatic heterocycles. The average Bonchev–Trinajstić information content (AvgIpc) is 3.20. The SMILES string of the molecule is COc1ccc2c(c1)CCN(C1CCN(C(=O)Cn3cc(-c4cccc(F)c4Cl)c(=O)n(C(C)COC(C)=O)c3=O)CC1)C(=O)N2. The van der Waals surface area contributed by atoms with E-state index in [1.807, 2.05) is 12.1 Å². The Hall–Kier alpha value is -4.65. The molecule has 14 heteroatoms. The fourth-order valence-electron chi connectivity index (χ4n) is 5.91. The molecule has 1 unspecified atom stereocenters. The summed E-state index contributed by atoms with van der Waals surface area (Å²) < 4.78 is 26.7. The van der Waals surface area contributed by atoms with Gasteiger partial charge in [-0.1, -0.05) is 23.7 Å². The Kier molecular flexibility index (Phi) is 9.80. The van der Waals surface area contributed by atoms with Gasteiger partial charge in [-0.3, -0.25) is 23.5 Å². The summed E-state index contributed by atoms with van der Waals surface area (Å²) in [5.41, 5.74) is 0.138. The molecule has 0 bridgehead atoms. The number of halogens is 2. The van der Waals surface area contributed by atoms with E-state index >= 15 is 0 Å². The second kappa shape index (κ2) is 13.8. The minimum absolute atomic E-state index is 0.0541. The predicted molar refractivity (Wildman–Crippen MR) is 169 cm³/mol. The topological polar surface area (TPSA) is 132 Å². The molecule has 1 atom stereocenters. The third-order valence-corrected chi connectivity index (χ3v) is 8.78. The van der Waals surface area contributed by atoms with Crippen molar-refractivity contribution in [2.24, 2.45) is 0 Å². The fourth-order valence-corrected chi connectivity index (χ4v) is 6.14. The van der Waals surface area contributed by atoms with E-state index in [1.165, 1.54) is 32.2 Å². The van der Waals surface area contributed by atoms with E-state index in [0.29, 0.717) is 44.6 Å². The third-order valence-electron chi connectivity index (χ3n) is 8.40. The first-order chi connectivity index (χ1) is 22.0. The van der Waals surface area contributed by atoms with Crippen LogP contribution in [0.5, 0.6) is 5.75 Å². The maximum atomic E-state index is 14.3. The number of rotatable bonds is 8. The molecular weight excluding hydrogens is 621 g/mol. The molecule has 3 amide bonds. The van der Waals surface area contributed by atoms with Gasteiger partial charge in [0.1, 0.15) is 24.7 Å². The zero-order chi connectivity index (χ0) is 33.1. The lowest BCUT2D eigenvalue weighted by Crippen LogP contribution is -2.51. The molecule has 1 saturated heterocycles. The number of benzene rings is 2. The summed E-state index contributed by atoms with van der Waals surface area (Å²) in [4.78, 5) is 68.5. The van der Waals surface area contributed by atoms with E-state index in [2.05, 4.69) is 5.32 Å². The highest BCUT2D eigenvalue weighted by Crippen LogP contribution is 2.29. The number of carbonyl (C=O) groups is 3. The van der Waals surface area contributed by atoms with E-state index in [-0.39, 0.29) is 40.7 Å². The number of likely N-dealkylation sites (tertiary alicyclic amines) is 1. The van der Waals surface area contributed by atoms with Gasteiger partial charge in [-0.25, -0.2) is 14.0 Å². The molecule has 1 aromatic heterocycles. The molecule has 0 spiro atoms. The number of nitrogens with one attached hydrogen (secondary N) is 1. The van der Waals surface area contributed by atoms with Gasteiger partial charge in [0.25, 0.3) is 5.56 Å². The predicted octanol–water partition coefficient (Wildman–Crippen LogP) is 3.68. The number of hydrogen-bond acceptors (Lipinski definition) is 7. The first-order valence-corrected chi connectivity index (χ1v) is 15.3. The number of hydrogen-bond donors (Lipinski definition) is 1. The van der Waals surface area contributed by atoms with Gasteiger partial charge in [0, 0.05) is 50.0 Å². The lowest BCUT2D eigenvalue weighted by atomic mass is 10.0. The normalized spacial score (nSPS) is 15.9. The van der Waals surface area contributed by atoms with Crippen molar-refractivity contribution in [2.45, 2.75) is 51.7 Å². The number of carbonyl (C=O) groups excluding carboxylic acids is 3. The van der Waals surface area contributed by atoms with Crippen LogP contribution in [0.15, 0.2) is 52.2 Å². The number of aromatic nitrogens is 2. The number of esters is 1. The van der Waals surface area contributed by atoms with Crippen LogP contribution in [0.25, 0.3) is 11.1 Å². The van der Waals surface area contributed by atoms with E-state index in [9.17, 15) is 28.4 Å². The second-order valence-electron chi connectivity index (χ2n) is 11.4. The minimum Gasteiger partial charge on any atom is -0.497 e. The average molecular weight is 656 g/mol. The molecule has 46 heavy (non-hydrogen) atoms. The van der Waals surface area contributed by atoms with Gasteiger partial charge in [0.05, 0.1) is 23.7 Å². The van der Waals surface area contributed by atoms with Crippen molar-refractivity contribution >= 4 is 35.2 Å². The highest BCUT2D eigenvalue weighted by molar-refractivity contribution is 6.33. The number of methoxy groups -OCH3 is 1. The quantitative estimate of drug-likeness (QED) is 0.366. The van der Waals surface area contributed by atoms with Gasteiger partial charge in [-0.05, 0) is 56.0 Å². The Balaban J connectivity index is 1.33. The third kappa shape index (κ3) is 6.79. The first-order valence-electron chi connectivity index (χ1n) is 14.9. The minimum atomic E-state index is -0.889. The van der Waals surface area contributed by atoms with Crippen molar-refractivity contribution < 1.29 is 28.2 Å². The van der Waals surface area contributed by atoms with E-state index in [0.717, 1.165) is 26.5 Å². The van der Waals surface area contributed by atoms with Gasteiger partial charge in [0.2, 0.25) is 5.91 Å². The molecule has 0 aliphatic carbocycles. The number of ether oxygens (including phenoxy) is 2. The molecule has 2 aliphatic rings. The van der Waals surface area contributed by atoms with E-state index in [4.69, 9.17) is 21.1 Å². The van der Waals surface area contributed by atoms with Crippen LogP contribution in [-0.4, -0.2) is 76.2 Å². The zero-order valence-electron chi connectivity index (χ0n) is 25.8. The molecule has 1 fully saturated rings. The van der Waals surface area contributed by atoms with Crippen LogP contribution >= 0.6 is 11.6 Å². The van der Waals surface area contributed by atoms with E-state index < -0.39 is 35.6 Å². The number of amides is 3. The van der Waals surface area contributed by atoms with Crippen LogP contribution in [-0.2, 0) is 27.3 Å². The summed E-state index contributed by atoms with van der Waals surface area (Å²) in [5, 5.41) is 2.67. The monoisotopic (exact) mass is 655 g/mol. The van der Waals surface area contributed by atoms with Gasteiger partial charge in [-0.15, -0.1) is 0 Å². The summed E-state index contributed by atoms with van der Waals surface area (Å²) in [6.07, 6.45) is 2.93. The molecule has 244 valence electrons. The Bertz CT molecular complexity index is 1780. The maximum Gasteiger partial charge on any atom is 0.331 e. The molecule has 1 N–H and O–H groups in total. The first kappa shape index (κ1) is 32.7. The molecule has 5 rings (SSSR count). The lowest BCUT2D eigenvalue weighted by molar-refractivity contribution is -0.142.